The van der Waals surface area contributed by atoms with Gasteiger partial charge in [0.2, 0.25) is 5.89 Å². The van der Waals surface area contributed by atoms with Crippen LogP contribution in [0.2, 0.25) is 0 Å². The minimum atomic E-state index is -0.161. The molecule has 1 aromatic heterocycles. The first-order valence-electron chi connectivity index (χ1n) is 7.40. The number of nitrogens with zero attached hydrogens (tertiary/aromatic N) is 2. The summed E-state index contributed by atoms with van der Waals surface area (Å²) < 4.78 is 5.43. The van der Waals surface area contributed by atoms with Crippen molar-refractivity contribution in [3.05, 3.63) is 47.6 Å². The van der Waals surface area contributed by atoms with Gasteiger partial charge in [0.25, 0.3) is 0 Å². The Morgan fingerprint density at radius 1 is 1.33 bits per heavy atom. The maximum atomic E-state index is 6.13. The Balaban J connectivity index is 1.84. The third-order valence-electron chi connectivity index (χ3n) is 4.35. The molecule has 1 heterocycles. The van der Waals surface area contributed by atoms with Crippen LogP contribution < -0.4 is 5.73 Å². The summed E-state index contributed by atoms with van der Waals surface area (Å²) in [4.78, 5) is 4.62. The van der Waals surface area contributed by atoms with Crippen molar-refractivity contribution < 1.29 is 4.52 Å². The second kappa shape index (κ2) is 6.20. The van der Waals surface area contributed by atoms with E-state index in [1.807, 2.05) is 6.07 Å². The molecule has 112 valence electrons. The zero-order chi connectivity index (χ0) is 14.7. The van der Waals surface area contributed by atoms with Crippen LogP contribution in [-0.4, -0.2) is 22.1 Å². The van der Waals surface area contributed by atoms with Crippen molar-refractivity contribution in [3.63, 3.8) is 0 Å². The molecule has 1 aliphatic carbocycles. The van der Waals surface area contributed by atoms with Crippen molar-refractivity contribution in [3.8, 4) is 0 Å². The molecule has 3 rings (SSSR count). The van der Waals surface area contributed by atoms with Gasteiger partial charge in [-0.25, -0.2) is 0 Å². The average molecular weight is 303 g/mol. The summed E-state index contributed by atoms with van der Waals surface area (Å²) in [5, 5.41) is 4.24. The van der Waals surface area contributed by atoms with Crippen molar-refractivity contribution in [2.24, 2.45) is 5.73 Å². The van der Waals surface area contributed by atoms with Gasteiger partial charge in [-0.3, -0.25) is 0 Å². The van der Waals surface area contributed by atoms with Crippen molar-refractivity contribution in [1.82, 2.24) is 10.1 Å². The fourth-order valence-electron chi connectivity index (χ4n) is 2.88. The van der Waals surface area contributed by atoms with Crippen LogP contribution >= 0.6 is 11.8 Å². The molecule has 0 spiro atoms. The van der Waals surface area contributed by atoms with E-state index < -0.39 is 0 Å². The summed E-state index contributed by atoms with van der Waals surface area (Å²) in [5.41, 5.74) is 7.34. The fourth-order valence-corrected chi connectivity index (χ4v) is 3.37. The van der Waals surface area contributed by atoms with Gasteiger partial charge >= 0.3 is 0 Å². The normalized spacial score (nSPS) is 18.2. The zero-order valence-electron chi connectivity index (χ0n) is 12.3. The highest BCUT2D eigenvalue weighted by Crippen LogP contribution is 2.47. The molecule has 4 nitrogen and oxygen atoms in total. The van der Waals surface area contributed by atoms with E-state index in [4.69, 9.17) is 10.3 Å². The van der Waals surface area contributed by atoms with Crippen molar-refractivity contribution >= 4 is 11.8 Å². The summed E-state index contributed by atoms with van der Waals surface area (Å²) in [6.45, 7) is 0. The van der Waals surface area contributed by atoms with E-state index in [1.165, 1.54) is 12.0 Å². The molecule has 2 N–H and O–H groups in total. The number of nitrogens with two attached hydrogens (primary N) is 1. The van der Waals surface area contributed by atoms with E-state index in [1.54, 1.807) is 11.8 Å². The third kappa shape index (κ3) is 2.72. The largest absolute Gasteiger partial charge is 0.338 e. The number of thioether (sulfide) groups is 1. The number of rotatable bonds is 6. The van der Waals surface area contributed by atoms with Crippen molar-refractivity contribution in [2.45, 2.75) is 37.1 Å². The lowest BCUT2D eigenvalue weighted by atomic mass is 9.64. The van der Waals surface area contributed by atoms with E-state index in [2.05, 4.69) is 40.7 Å². The molecule has 1 fully saturated rings. The molecule has 0 bridgehead atoms. The van der Waals surface area contributed by atoms with Crippen LogP contribution in [0, 0.1) is 0 Å². The molecule has 0 radical (unpaired) electrons. The van der Waals surface area contributed by atoms with Gasteiger partial charge in [-0.15, -0.1) is 0 Å². The highest BCUT2D eigenvalue weighted by atomic mass is 32.2. The SMILES string of the molecule is CSCC[C@H](N)c1nc(C2(c3ccccc3)CCC2)no1. The summed E-state index contributed by atoms with van der Waals surface area (Å²) in [6, 6.07) is 10.3. The Labute approximate surface area is 129 Å². The summed E-state index contributed by atoms with van der Waals surface area (Å²) in [6.07, 6.45) is 6.30. The third-order valence-corrected chi connectivity index (χ3v) is 5.00. The summed E-state index contributed by atoms with van der Waals surface area (Å²) >= 11 is 1.78. The molecule has 0 saturated heterocycles. The standard InChI is InChI=1S/C16H21N3OS/c1-21-11-8-13(17)14-18-15(19-20-14)16(9-5-10-16)12-6-3-2-4-7-12/h2-4,6-7,13H,5,8-11,17H2,1H3/t13-/m0/s1. The first-order valence-corrected chi connectivity index (χ1v) is 8.80. The van der Waals surface area contributed by atoms with Crippen LogP contribution in [0.25, 0.3) is 0 Å². The molecular formula is C16H21N3OS. The maximum Gasteiger partial charge on any atom is 0.243 e. The number of hydrogen-bond donors (Lipinski definition) is 1. The summed E-state index contributed by atoms with van der Waals surface area (Å²) in [7, 11) is 0. The van der Waals surface area contributed by atoms with Crippen LogP contribution in [0.15, 0.2) is 34.9 Å². The Bertz CT molecular complexity index is 580. The molecule has 0 aliphatic heterocycles. The fraction of sp³-hybridized carbons (Fsp3) is 0.500. The summed E-state index contributed by atoms with van der Waals surface area (Å²) in [5.74, 6) is 2.37. The van der Waals surface area contributed by atoms with Crippen molar-refractivity contribution in [2.75, 3.05) is 12.0 Å². The maximum absolute atomic E-state index is 6.13. The topological polar surface area (TPSA) is 64.9 Å². The van der Waals surface area contributed by atoms with Gasteiger partial charge in [-0.1, -0.05) is 41.9 Å². The quantitative estimate of drug-likeness (QED) is 0.887. The van der Waals surface area contributed by atoms with E-state index in [9.17, 15) is 0 Å². The van der Waals surface area contributed by atoms with Gasteiger partial charge in [-0.2, -0.15) is 16.7 Å². The monoisotopic (exact) mass is 303 g/mol. The average Bonchev–Trinajstić information content (AvgIpc) is 2.95. The van der Waals surface area contributed by atoms with E-state index >= 15 is 0 Å². The van der Waals surface area contributed by atoms with Gasteiger partial charge < -0.3 is 10.3 Å². The van der Waals surface area contributed by atoms with E-state index in [0.29, 0.717) is 5.89 Å². The van der Waals surface area contributed by atoms with Crippen LogP contribution in [0.4, 0.5) is 0 Å². The molecule has 1 saturated carbocycles. The molecule has 0 unspecified atom stereocenters. The molecule has 1 aliphatic rings. The minimum Gasteiger partial charge on any atom is -0.338 e. The number of benzene rings is 1. The lowest BCUT2D eigenvalue weighted by molar-refractivity contribution is 0.269. The second-order valence-electron chi connectivity index (χ2n) is 5.65. The second-order valence-corrected chi connectivity index (χ2v) is 6.63. The Morgan fingerprint density at radius 2 is 2.10 bits per heavy atom. The smallest absolute Gasteiger partial charge is 0.243 e. The first-order chi connectivity index (χ1) is 10.3. The predicted octanol–water partition coefficient (Wildman–Crippen LogP) is 3.29. The van der Waals surface area contributed by atoms with Gasteiger partial charge in [0, 0.05) is 0 Å². The predicted molar refractivity (Wildman–Crippen MR) is 85.3 cm³/mol. The van der Waals surface area contributed by atoms with Crippen LogP contribution in [-0.2, 0) is 5.41 Å². The molecule has 0 amide bonds. The number of aromatic nitrogens is 2. The lowest BCUT2D eigenvalue weighted by Gasteiger charge is -2.39. The first kappa shape index (κ1) is 14.6. The Kier molecular flexibility index (Phi) is 4.31. The molecule has 1 aromatic carbocycles. The lowest BCUT2D eigenvalue weighted by Crippen LogP contribution is -2.36. The Morgan fingerprint density at radius 3 is 2.71 bits per heavy atom. The van der Waals surface area contributed by atoms with Gasteiger partial charge in [0.15, 0.2) is 5.82 Å². The molecule has 2 aromatic rings. The highest BCUT2D eigenvalue weighted by Gasteiger charge is 2.44. The highest BCUT2D eigenvalue weighted by molar-refractivity contribution is 7.98. The molecule has 5 heteroatoms. The van der Waals surface area contributed by atoms with Crippen LogP contribution in [0.1, 0.15) is 49.0 Å². The van der Waals surface area contributed by atoms with Gasteiger partial charge in [-0.05, 0) is 36.8 Å². The van der Waals surface area contributed by atoms with Crippen LogP contribution in [0.5, 0.6) is 0 Å². The van der Waals surface area contributed by atoms with E-state index in [0.717, 1.165) is 30.8 Å². The van der Waals surface area contributed by atoms with Crippen molar-refractivity contribution in [1.29, 1.82) is 0 Å². The molecular weight excluding hydrogens is 282 g/mol. The zero-order valence-corrected chi connectivity index (χ0v) is 13.1. The van der Waals surface area contributed by atoms with E-state index in [-0.39, 0.29) is 11.5 Å². The Hall–Kier alpha value is -1.33. The molecule has 21 heavy (non-hydrogen) atoms. The minimum absolute atomic E-state index is 0.0672. The molecule has 1 atom stereocenters. The van der Waals surface area contributed by atoms with Gasteiger partial charge in [0.1, 0.15) is 0 Å². The van der Waals surface area contributed by atoms with Crippen LogP contribution in [0.3, 0.4) is 0 Å². The van der Waals surface area contributed by atoms with Gasteiger partial charge in [0.05, 0.1) is 11.5 Å². The number of hydrogen-bond acceptors (Lipinski definition) is 5.